The molecule has 0 saturated carbocycles. The van der Waals surface area contributed by atoms with Crippen LogP contribution in [0.2, 0.25) is 0 Å². The molecule has 0 saturated heterocycles. The Balaban J connectivity index is 1.63. The molecule has 0 aliphatic heterocycles. The van der Waals surface area contributed by atoms with Gasteiger partial charge >= 0.3 is 0 Å². The summed E-state index contributed by atoms with van der Waals surface area (Å²) >= 11 is 1.23. The second-order valence-electron chi connectivity index (χ2n) is 5.70. The van der Waals surface area contributed by atoms with Gasteiger partial charge in [0.1, 0.15) is 10.8 Å². The molecule has 0 radical (unpaired) electrons. The molecule has 0 aliphatic carbocycles. The summed E-state index contributed by atoms with van der Waals surface area (Å²) in [7, 11) is 0. The molecular formula is C19H17FN4O2S. The van der Waals surface area contributed by atoms with Gasteiger partial charge in [0.2, 0.25) is 5.01 Å². The topological polar surface area (TPSA) is 84.0 Å². The third-order valence-corrected chi connectivity index (χ3v) is 4.75. The minimum Gasteiger partial charge on any atom is -0.348 e. The summed E-state index contributed by atoms with van der Waals surface area (Å²) in [5.41, 5.74) is 1.53. The van der Waals surface area contributed by atoms with Crippen LogP contribution >= 0.6 is 11.3 Å². The molecule has 0 bridgehead atoms. The number of carbonyl (C=O) groups excluding carboxylic acids is 2. The monoisotopic (exact) mass is 384 g/mol. The normalized spacial score (nSPS) is 10.4. The molecule has 0 spiro atoms. The molecule has 2 N–H and O–H groups in total. The van der Waals surface area contributed by atoms with Gasteiger partial charge in [-0.2, -0.15) is 0 Å². The first-order valence-corrected chi connectivity index (χ1v) is 9.13. The van der Waals surface area contributed by atoms with Crippen molar-refractivity contribution >= 4 is 28.8 Å². The molecule has 0 aliphatic rings. The summed E-state index contributed by atoms with van der Waals surface area (Å²) in [6.45, 7) is 2.14. The highest BCUT2D eigenvalue weighted by atomic mass is 32.1. The Morgan fingerprint density at radius 1 is 1.07 bits per heavy atom. The Morgan fingerprint density at radius 2 is 1.89 bits per heavy atom. The molecule has 3 rings (SSSR count). The van der Waals surface area contributed by atoms with E-state index >= 15 is 0 Å². The molecule has 2 amide bonds. The molecule has 8 heteroatoms. The lowest BCUT2D eigenvalue weighted by atomic mass is 10.1. The van der Waals surface area contributed by atoms with Gasteiger partial charge in [-0.3, -0.25) is 9.59 Å². The van der Waals surface area contributed by atoms with Gasteiger partial charge in [-0.1, -0.05) is 36.5 Å². The predicted octanol–water partition coefficient (Wildman–Crippen LogP) is 3.42. The zero-order chi connectivity index (χ0) is 19.2. The molecule has 0 unspecified atom stereocenters. The van der Waals surface area contributed by atoms with Crippen LogP contribution in [-0.2, 0) is 13.0 Å². The number of hydrogen-bond donors (Lipinski definition) is 2. The molecule has 2 aromatic carbocycles. The van der Waals surface area contributed by atoms with Gasteiger partial charge in [0.15, 0.2) is 0 Å². The van der Waals surface area contributed by atoms with E-state index in [9.17, 15) is 14.0 Å². The maximum Gasteiger partial charge on any atom is 0.286 e. The van der Waals surface area contributed by atoms with Gasteiger partial charge in [0, 0.05) is 17.8 Å². The Bertz CT molecular complexity index is 974. The molecule has 3 aromatic rings. The molecule has 1 heterocycles. The average Bonchev–Trinajstić information content (AvgIpc) is 3.16. The first-order chi connectivity index (χ1) is 13.0. The van der Waals surface area contributed by atoms with E-state index in [1.807, 2.05) is 6.92 Å². The van der Waals surface area contributed by atoms with Crippen LogP contribution in [0.1, 0.15) is 37.7 Å². The number of benzene rings is 2. The second-order valence-corrected chi connectivity index (χ2v) is 6.76. The van der Waals surface area contributed by atoms with Crippen LogP contribution in [0.15, 0.2) is 48.5 Å². The van der Waals surface area contributed by atoms with Gasteiger partial charge in [-0.25, -0.2) is 4.39 Å². The number of anilines is 1. The van der Waals surface area contributed by atoms with E-state index in [0.717, 1.165) is 5.01 Å². The number of nitrogens with zero attached hydrogens (tertiary/aromatic N) is 2. The van der Waals surface area contributed by atoms with Gasteiger partial charge < -0.3 is 10.6 Å². The summed E-state index contributed by atoms with van der Waals surface area (Å²) in [6, 6.07) is 12.6. The zero-order valence-corrected chi connectivity index (χ0v) is 15.3. The Labute approximate surface area is 159 Å². The van der Waals surface area contributed by atoms with Crippen molar-refractivity contribution in [3.63, 3.8) is 0 Å². The van der Waals surface area contributed by atoms with E-state index < -0.39 is 0 Å². The summed E-state index contributed by atoms with van der Waals surface area (Å²) in [5, 5.41) is 14.3. The number of rotatable bonds is 6. The molecule has 138 valence electrons. The quantitative estimate of drug-likeness (QED) is 0.682. The number of aromatic nitrogens is 2. The summed E-state index contributed by atoms with van der Waals surface area (Å²) in [5.74, 6) is -1.04. The first-order valence-electron chi connectivity index (χ1n) is 8.31. The highest BCUT2D eigenvalue weighted by Crippen LogP contribution is 2.15. The van der Waals surface area contributed by atoms with Crippen molar-refractivity contribution in [2.45, 2.75) is 19.9 Å². The minimum atomic E-state index is -0.371. The van der Waals surface area contributed by atoms with E-state index in [2.05, 4.69) is 20.8 Å². The fraction of sp³-hybridized carbons (Fsp3) is 0.158. The highest BCUT2D eigenvalue weighted by Gasteiger charge is 2.13. The van der Waals surface area contributed by atoms with Crippen LogP contribution in [0.5, 0.6) is 0 Å². The van der Waals surface area contributed by atoms with Gasteiger partial charge in [0.25, 0.3) is 11.8 Å². The zero-order valence-electron chi connectivity index (χ0n) is 14.5. The number of aryl methyl sites for hydroxylation is 1. The lowest BCUT2D eigenvalue weighted by Gasteiger charge is -2.08. The average molecular weight is 384 g/mol. The van der Waals surface area contributed by atoms with Gasteiger partial charge in [0.05, 0.1) is 0 Å². The largest absolute Gasteiger partial charge is 0.348 e. The van der Waals surface area contributed by atoms with Crippen molar-refractivity contribution < 1.29 is 14.0 Å². The lowest BCUT2D eigenvalue weighted by Crippen LogP contribution is -2.23. The molecule has 1 aromatic heterocycles. The number of amides is 2. The Morgan fingerprint density at radius 3 is 2.63 bits per heavy atom. The van der Waals surface area contributed by atoms with Gasteiger partial charge in [-0.15, -0.1) is 10.2 Å². The summed E-state index contributed by atoms with van der Waals surface area (Å²) in [4.78, 5) is 24.5. The Kier molecular flexibility index (Phi) is 5.87. The standard InChI is InChI=1S/C19H17FN4O2S/c1-2-16-23-24-19(27-16)18(26)22-15-8-4-6-13(10-15)17(25)21-11-12-5-3-7-14(20)9-12/h3-10H,2,11H2,1H3,(H,21,25)(H,22,26). The van der Waals surface area contributed by atoms with Crippen LogP contribution < -0.4 is 10.6 Å². The Hall–Kier alpha value is -3.13. The molecule has 0 atom stereocenters. The van der Waals surface area contributed by atoms with Crippen LogP contribution in [0.4, 0.5) is 10.1 Å². The van der Waals surface area contributed by atoms with Crippen LogP contribution in [0, 0.1) is 5.82 Å². The van der Waals surface area contributed by atoms with Crippen molar-refractivity contribution in [2.24, 2.45) is 0 Å². The first kappa shape index (κ1) is 18.7. The number of halogens is 1. The van der Waals surface area contributed by atoms with Crippen molar-refractivity contribution in [3.05, 3.63) is 75.5 Å². The summed E-state index contributed by atoms with van der Waals surface area (Å²) in [6.07, 6.45) is 0.714. The molecule has 0 fully saturated rings. The molecule has 27 heavy (non-hydrogen) atoms. The summed E-state index contributed by atoms with van der Waals surface area (Å²) < 4.78 is 13.2. The second kappa shape index (κ2) is 8.50. The number of carbonyl (C=O) groups is 2. The van der Waals surface area contributed by atoms with E-state index in [1.165, 1.54) is 23.5 Å². The van der Waals surface area contributed by atoms with Crippen LogP contribution in [0.3, 0.4) is 0 Å². The maximum atomic E-state index is 13.2. The van der Waals surface area contributed by atoms with Crippen LogP contribution in [-0.4, -0.2) is 22.0 Å². The van der Waals surface area contributed by atoms with Crippen molar-refractivity contribution in [2.75, 3.05) is 5.32 Å². The van der Waals surface area contributed by atoms with E-state index in [1.54, 1.807) is 36.4 Å². The van der Waals surface area contributed by atoms with Crippen LogP contribution in [0.25, 0.3) is 0 Å². The highest BCUT2D eigenvalue weighted by molar-refractivity contribution is 7.13. The van der Waals surface area contributed by atoms with Crippen molar-refractivity contribution in [3.8, 4) is 0 Å². The predicted molar refractivity (Wildman–Crippen MR) is 101 cm³/mol. The minimum absolute atomic E-state index is 0.206. The van der Waals surface area contributed by atoms with E-state index in [4.69, 9.17) is 0 Å². The maximum absolute atomic E-state index is 13.2. The SMILES string of the molecule is CCc1nnc(C(=O)Nc2cccc(C(=O)NCc3cccc(F)c3)c2)s1. The third kappa shape index (κ3) is 4.95. The fourth-order valence-corrected chi connectivity index (χ4v) is 3.02. The lowest BCUT2D eigenvalue weighted by molar-refractivity contribution is 0.0949. The fourth-order valence-electron chi connectivity index (χ4n) is 2.34. The van der Waals surface area contributed by atoms with E-state index in [0.29, 0.717) is 23.2 Å². The van der Waals surface area contributed by atoms with E-state index in [-0.39, 0.29) is 29.2 Å². The van der Waals surface area contributed by atoms with Crippen molar-refractivity contribution in [1.82, 2.24) is 15.5 Å². The number of nitrogens with one attached hydrogen (secondary N) is 2. The smallest absolute Gasteiger partial charge is 0.286 e. The number of hydrogen-bond acceptors (Lipinski definition) is 5. The third-order valence-electron chi connectivity index (χ3n) is 3.69. The van der Waals surface area contributed by atoms with Gasteiger partial charge in [-0.05, 0) is 42.3 Å². The molecular weight excluding hydrogens is 367 g/mol. The van der Waals surface area contributed by atoms with Crippen molar-refractivity contribution in [1.29, 1.82) is 0 Å². The molecule has 6 nitrogen and oxygen atoms in total.